The van der Waals surface area contributed by atoms with Gasteiger partial charge in [0.05, 0.1) is 12.6 Å². The molecule has 0 aromatic carbocycles. The topological polar surface area (TPSA) is 123 Å². The first kappa shape index (κ1) is 13.3. The van der Waals surface area contributed by atoms with E-state index in [1.54, 1.807) is 7.05 Å². The number of rotatable bonds is 4. The van der Waals surface area contributed by atoms with Gasteiger partial charge in [0, 0.05) is 24.0 Å². The van der Waals surface area contributed by atoms with Gasteiger partial charge in [0.1, 0.15) is 0 Å². The molecule has 1 amide bonds. The molecular formula is C11H10N6O3. The molecule has 0 fully saturated rings. The Morgan fingerprint density at radius 1 is 1.45 bits per heavy atom. The largest absolute Gasteiger partial charge is 0.478 e. The van der Waals surface area contributed by atoms with E-state index >= 15 is 0 Å². The van der Waals surface area contributed by atoms with Crippen molar-refractivity contribution in [1.29, 1.82) is 0 Å². The zero-order valence-corrected chi connectivity index (χ0v) is 10.4. The van der Waals surface area contributed by atoms with Crippen molar-refractivity contribution in [1.82, 2.24) is 25.2 Å². The van der Waals surface area contributed by atoms with E-state index in [0.29, 0.717) is 5.56 Å². The zero-order valence-electron chi connectivity index (χ0n) is 10.4. The Bertz CT molecular complexity index is 678. The quantitative estimate of drug-likeness (QED) is 0.749. The number of nitrogens with zero attached hydrogens (tertiary/aromatic N) is 5. The molecule has 2 heterocycles. The number of carbonyl (C=O) groups is 2. The fourth-order valence-electron chi connectivity index (χ4n) is 1.41. The van der Waals surface area contributed by atoms with E-state index < -0.39 is 11.9 Å². The van der Waals surface area contributed by atoms with Crippen LogP contribution in [0.1, 0.15) is 15.9 Å². The third-order valence-electron chi connectivity index (χ3n) is 2.24. The van der Waals surface area contributed by atoms with Crippen LogP contribution in [0.2, 0.25) is 0 Å². The van der Waals surface area contributed by atoms with E-state index in [0.717, 1.165) is 6.08 Å². The van der Waals surface area contributed by atoms with Crippen LogP contribution < -0.4 is 5.32 Å². The molecule has 2 aromatic rings. The summed E-state index contributed by atoms with van der Waals surface area (Å²) in [5.41, 5.74) is 0.626. The maximum absolute atomic E-state index is 12.1. The lowest BCUT2D eigenvalue weighted by atomic mass is 10.1. The second kappa shape index (κ2) is 5.69. The summed E-state index contributed by atoms with van der Waals surface area (Å²) in [5.74, 6) is -1.54. The van der Waals surface area contributed by atoms with E-state index in [4.69, 9.17) is 5.11 Å². The summed E-state index contributed by atoms with van der Waals surface area (Å²) in [7, 11) is 1.57. The predicted octanol–water partition coefficient (Wildman–Crippen LogP) is -0.0448. The summed E-state index contributed by atoms with van der Waals surface area (Å²) in [6, 6.07) is 1.47. The lowest BCUT2D eigenvalue weighted by molar-refractivity contribution is -0.131. The Balaban J connectivity index is 2.23. The lowest BCUT2D eigenvalue weighted by Gasteiger charge is -2.03. The number of aryl methyl sites for hydroxylation is 1. The van der Waals surface area contributed by atoms with Crippen molar-refractivity contribution in [2.75, 3.05) is 5.32 Å². The van der Waals surface area contributed by atoms with Gasteiger partial charge in [-0.2, -0.15) is 4.80 Å². The number of nitrogens with one attached hydrogen (secondary N) is 1. The van der Waals surface area contributed by atoms with E-state index in [2.05, 4.69) is 25.7 Å². The van der Waals surface area contributed by atoms with Gasteiger partial charge in [-0.3, -0.25) is 15.1 Å². The van der Waals surface area contributed by atoms with Gasteiger partial charge < -0.3 is 5.11 Å². The van der Waals surface area contributed by atoms with Gasteiger partial charge in [0.2, 0.25) is 0 Å². The third-order valence-corrected chi connectivity index (χ3v) is 2.24. The van der Waals surface area contributed by atoms with Crippen molar-refractivity contribution >= 4 is 23.9 Å². The number of hydrogen-bond acceptors (Lipinski definition) is 6. The van der Waals surface area contributed by atoms with Crippen LogP contribution >= 0.6 is 0 Å². The first-order chi connectivity index (χ1) is 9.56. The van der Waals surface area contributed by atoms with Gasteiger partial charge in [-0.15, -0.1) is 5.10 Å². The van der Waals surface area contributed by atoms with Crippen LogP contribution in [0.5, 0.6) is 0 Å². The molecule has 0 bridgehead atoms. The Morgan fingerprint density at radius 2 is 2.25 bits per heavy atom. The number of anilines is 1. The summed E-state index contributed by atoms with van der Waals surface area (Å²) in [6.45, 7) is 0. The molecule has 2 N–H and O–H groups in total. The molecule has 0 aliphatic heterocycles. The van der Waals surface area contributed by atoms with Crippen molar-refractivity contribution < 1.29 is 14.7 Å². The second-order valence-electron chi connectivity index (χ2n) is 3.69. The number of tetrazole rings is 1. The van der Waals surface area contributed by atoms with Crippen molar-refractivity contribution in [2.24, 2.45) is 7.05 Å². The smallest absolute Gasteiger partial charge is 0.328 e. The minimum Gasteiger partial charge on any atom is -0.478 e. The summed E-state index contributed by atoms with van der Waals surface area (Å²) >= 11 is 0. The van der Waals surface area contributed by atoms with Crippen LogP contribution in [-0.4, -0.2) is 42.2 Å². The number of aromatic nitrogens is 5. The molecule has 0 saturated heterocycles. The first-order valence-electron chi connectivity index (χ1n) is 5.46. The van der Waals surface area contributed by atoms with Crippen LogP contribution in [0.15, 0.2) is 24.5 Å². The summed E-state index contributed by atoms with van der Waals surface area (Å²) < 4.78 is 0. The minimum absolute atomic E-state index is 0.0578. The van der Waals surface area contributed by atoms with Crippen LogP contribution in [0, 0.1) is 0 Å². The van der Waals surface area contributed by atoms with E-state index in [1.807, 2.05) is 0 Å². The maximum Gasteiger partial charge on any atom is 0.328 e. The second-order valence-corrected chi connectivity index (χ2v) is 3.69. The highest BCUT2D eigenvalue weighted by Gasteiger charge is 2.12. The number of carbonyl (C=O) groups excluding carboxylic acids is 1. The number of hydrogen-bond donors (Lipinski definition) is 2. The Kier molecular flexibility index (Phi) is 3.80. The van der Waals surface area contributed by atoms with Gasteiger partial charge in [-0.25, -0.2) is 4.79 Å². The molecule has 0 atom stereocenters. The molecule has 20 heavy (non-hydrogen) atoms. The highest BCUT2D eigenvalue weighted by atomic mass is 16.4. The van der Waals surface area contributed by atoms with E-state index in [-0.39, 0.29) is 11.5 Å². The van der Waals surface area contributed by atoms with Crippen molar-refractivity contribution in [3.8, 4) is 0 Å². The summed E-state index contributed by atoms with van der Waals surface area (Å²) in [5, 5.41) is 22.1. The van der Waals surface area contributed by atoms with Crippen molar-refractivity contribution in [3.05, 3.63) is 35.7 Å². The van der Waals surface area contributed by atoms with Crippen molar-refractivity contribution in [3.63, 3.8) is 0 Å². The predicted molar refractivity (Wildman–Crippen MR) is 67.7 cm³/mol. The van der Waals surface area contributed by atoms with E-state index in [1.165, 1.54) is 29.3 Å². The highest BCUT2D eigenvalue weighted by Crippen LogP contribution is 2.11. The molecule has 0 saturated carbocycles. The van der Waals surface area contributed by atoms with Gasteiger partial charge in [-0.1, -0.05) is 5.10 Å². The Hall–Kier alpha value is -3.10. The third kappa shape index (κ3) is 3.22. The fraction of sp³-hybridized carbons (Fsp3) is 0.0909. The lowest BCUT2D eigenvalue weighted by Crippen LogP contribution is -2.14. The molecule has 9 nitrogen and oxygen atoms in total. The molecule has 0 spiro atoms. The monoisotopic (exact) mass is 274 g/mol. The fourth-order valence-corrected chi connectivity index (χ4v) is 1.41. The highest BCUT2D eigenvalue weighted by molar-refractivity contribution is 6.06. The molecule has 0 radical (unpaired) electrons. The van der Waals surface area contributed by atoms with Crippen LogP contribution in [-0.2, 0) is 11.8 Å². The first-order valence-corrected chi connectivity index (χ1v) is 5.46. The van der Waals surface area contributed by atoms with E-state index in [9.17, 15) is 9.59 Å². The zero-order chi connectivity index (χ0) is 14.5. The molecule has 0 unspecified atom stereocenters. The number of pyridine rings is 1. The van der Waals surface area contributed by atoms with Crippen LogP contribution in [0.4, 0.5) is 5.95 Å². The van der Waals surface area contributed by atoms with Gasteiger partial charge in [-0.05, 0) is 17.4 Å². The summed E-state index contributed by atoms with van der Waals surface area (Å²) in [4.78, 5) is 27.6. The van der Waals surface area contributed by atoms with Crippen molar-refractivity contribution in [2.45, 2.75) is 0 Å². The molecule has 2 aromatic heterocycles. The molecule has 2 rings (SSSR count). The average molecular weight is 274 g/mol. The van der Waals surface area contributed by atoms with Gasteiger partial charge in [0.15, 0.2) is 0 Å². The number of carboxylic acids is 1. The Labute approximate surface area is 112 Å². The standard InChI is InChI=1S/C11H10N6O3/c1-17-15-11(14-16-17)13-10(20)8-4-5-12-6-7(8)2-3-9(18)19/h2-6H,1H3,(H,18,19)(H,13,15,20)/b3-2+. The van der Waals surface area contributed by atoms with Gasteiger partial charge >= 0.3 is 5.97 Å². The van der Waals surface area contributed by atoms with Gasteiger partial charge in [0.25, 0.3) is 11.9 Å². The Morgan fingerprint density at radius 3 is 2.90 bits per heavy atom. The molecule has 9 heteroatoms. The minimum atomic E-state index is -1.11. The normalized spacial score (nSPS) is 10.7. The molecular weight excluding hydrogens is 264 g/mol. The SMILES string of the molecule is Cn1nnc(NC(=O)c2ccncc2/C=C/C(=O)O)n1. The van der Waals surface area contributed by atoms with Crippen LogP contribution in [0.25, 0.3) is 6.08 Å². The number of carboxylic acid groups (broad SMARTS) is 1. The number of aliphatic carboxylic acids is 1. The van der Waals surface area contributed by atoms with Crippen LogP contribution in [0.3, 0.4) is 0 Å². The summed E-state index contributed by atoms with van der Waals surface area (Å²) in [6.07, 6.45) is 5.03. The maximum atomic E-state index is 12.1. The number of amides is 1. The average Bonchev–Trinajstić information content (AvgIpc) is 2.82. The molecule has 0 aliphatic carbocycles. The molecule has 0 aliphatic rings. The molecule has 102 valence electrons.